The minimum absolute atomic E-state index is 0.364. The second kappa shape index (κ2) is 7.19. The number of nitriles is 1. The molecule has 2 atom stereocenters. The molecule has 0 N–H and O–H groups in total. The Hall–Kier alpha value is -2.60. The molecule has 0 amide bonds. The topological polar surface area (TPSA) is 45.4 Å². The van der Waals surface area contributed by atoms with E-state index < -0.39 is 5.41 Å². The van der Waals surface area contributed by atoms with Crippen LogP contribution in [0.3, 0.4) is 0 Å². The molecule has 0 bridgehead atoms. The molecule has 1 unspecified atom stereocenters. The van der Waals surface area contributed by atoms with Gasteiger partial charge in [0.1, 0.15) is 0 Å². The Morgan fingerprint density at radius 2 is 2.00 bits per heavy atom. The third kappa shape index (κ3) is 3.25. The van der Waals surface area contributed by atoms with E-state index in [0.29, 0.717) is 12.3 Å². The molecule has 27 heavy (non-hydrogen) atoms. The smallest absolute Gasteiger partial charge is 0.216 e. The number of fused-ring (bicyclic) bond motifs is 2. The highest BCUT2D eigenvalue weighted by Gasteiger charge is 2.36. The number of rotatable bonds is 3. The zero-order valence-electron chi connectivity index (χ0n) is 16.2. The first-order chi connectivity index (χ1) is 13.1. The van der Waals surface area contributed by atoms with Gasteiger partial charge in [0.2, 0.25) is 5.90 Å². The summed E-state index contributed by atoms with van der Waals surface area (Å²) < 4.78 is 5.62. The van der Waals surface area contributed by atoms with Crippen LogP contribution in [0.15, 0.2) is 69.9 Å². The molecule has 138 valence electrons. The molecule has 1 aromatic carbocycles. The summed E-state index contributed by atoms with van der Waals surface area (Å²) in [7, 11) is 1.72. The number of aliphatic imine (C=N–C) groups is 1. The monoisotopic (exact) mass is 358 g/mol. The van der Waals surface area contributed by atoms with E-state index in [0.717, 1.165) is 36.4 Å². The Morgan fingerprint density at radius 3 is 2.74 bits per heavy atom. The normalized spacial score (nSPS) is 23.7. The summed E-state index contributed by atoms with van der Waals surface area (Å²) in [6, 6.07) is 12.8. The van der Waals surface area contributed by atoms with Crippen molar-refractivity contribution in [3.05, 3.63) is 70.5 Å². The Bertz CT molecular complexity index is 898. The Labute approximate surface area is 161 Å². The van der Waals surface area contributed by atoms with Gasteiger partial charge in [-0.05, 0) is 62.7 Å². The molecule has 0 aromatic heterocycles. The zero-order chi connectivity index (χ0) is 18.9. The van der Waals surface area contributed by atoms with Crippen LogP contribution >= 0.6 is 0 Å². The summed E-state index contributed by atoms with van der Waals surface area (Å²) in [4.78, 5) is 4.86. The highest BCUT2D eigenvalue weighted by atomic mass is 16.5. The first-order valence-corrected chi connectivity index (χ1v) is 9.87. The van der Waals surface area contributed by atoms with Crippen molar-refractivity contribution >= 4 is 5.90 Å². The van der Waals surface area contributed by atoms with Crippen molar-refractivity contribution in [3.8, 4) is 6.07 Å². The maximum atomic E-state index is 9.99. The largest absolute Gasteiger partial charge is 0.481 e. The zero-order valence-corrected chi connectivity index (χ0v) is 16.2. The van der Waals surface area contributed by atoms with Gasteiger partial charge in [-0.25, -0.2) is 4.99 Å². The van der Waals surface area contributed by atoms with Gasteiger partial charge < -0.3 is 4.74 Å². The van der Waals surface area contributed by atoms with Gasteiger partial charge in [0.25, 0.3) is 0 Å². The van der Waals surface area contributed by atoms with Gasteiger partial charge in [-0.15, -0.1) is 0 Å². The number of allylic oxidation sites excluding steroid dienone is 4. The number of nitrogens with zero attached hydrogens (tertiary/aromatic N) is 2. The highest BCUT2D eigenvalue weighted by molar-refractivity contribution is 5.96. The van der Waals surface area contributed by atoms with Crippen LogP contribution in [0.4, 0.5) is 0 Å². The fourth-order valence-corrected chi connectivity index (χ4v) is 4.62. The number of methoxy groups -OCH3 is 1. The Kier molecular flexibility index (Phi) is 4.74. The molecule has 1 aromatic rings. The van der Waals surface area contributed by atoms with Crippen LogP contribution in [0.2, 0.25) is 0 Å². The van der Waals surface area contributed by atoms with Crippen LogP contribution in [-0.2, 0) is 11.2 Å². The van der Waals surface area contributed by atoms with E-state index in [4.69, 9.17) is 9.73 Å². The minimum atomic E-state index is -0.552. The lowest BCUT2D eigenvalue weighted by atomic mass is 9.71. The molecular weight excluding hydrogens is 332 g/mol. The first-order valence-electron chi connectivity index (χ1n) is 9.87. The van der Waals surface area contributed by atoms with Crippen LogP contribution in [0.25, 0.3) is 0 Å². The Morgan fingerprint density at radius 1 is 1.22 bits per heavy atom. The molecule has 1 aliphatic heterocycles. The maximum Gasteiger partial charge on any atom is 0.216 e. The first kappa shape index (κ1) is 17.8. The van der Waals surface area contributed by atoms with Crippen molar-refractivity contribution in [2.45, 2.75) is 45.4 Å². The molecule has 0 spiro atoms. The van der Waals surface area contributed by atoms with Crippen molar-refractivity contribution in [1.82, 2.24) is 0 Å². The summed E-state index contributed by atoms with van der Waals surface area (Å²) in [5, 5.41) is 9.99. The average molecular weight is 358 g/mol. The highest BCUT2D eigenvalue weighted by Crippen LogP contribution is 2.45. The van der Waals surface area contributed by atoms with Gasteiger partial charge in [0.05, 0.1) is 24.3 Å². The standard InChI is InChI=1S/C24H26N2O/c1-24(16-25,15-17-8-4-3-5-9-17)18-12-13-20-19-10-6-7-11-21(19)23(27-2)26-22(20)14-18/h3-5,8-9,12,14,20H,6-7,10-11,13,15H2,1-2H3/t20?,24-/m1/s1. The van der Waals surface area contributed by atoms with Gasteiger partial charge in [-0.1, -0.05) is 42.0 Å². The molecule has 4 rings (SSSR count). The molecule has 3 nitrogen and oxygen atoms in total. The molecule has 3 aliphatic rings. The second-order valence-electron chi connectivity index (χ2n) is 7.96. The second-order valence-corrected chi connectivity index (χ2v) is 7.96. The molecule has 3 heteroatoms. The van der Waals surface area contributed by atoms with Gasteiger partial charge in [0.15, 0.2) is 0 Å². The van der Waals surface area contributed by atoms with Gasteiger partial charge in [-0.2, -0.15) is 5.26 Å². The SMILES string of the molecule is COC1=NC2=CC([C@@](C)(C#N)Cc3ccccc3)=CCC2C2=C1CCCC2. The molecule has 1 heterocycles. The predicted octanol–water partition coefficient (Wildman–Crippen LogP) is 5.52. The van der Waals surface area contributed by atoms with Crippen LogP contribution in [0.5, 0.6) is 0 Å². The van der Waals surface area contributed by atoms with Crippen LogP contribution in [0, 0.1) is 22.7 Å². The third-order valence-corrected chi connectivity index (χ3v) is 6.13. The Balaban J connectivity index is 1.67. The summed E-state index contributed by atoms with van der Waals surface area (Å²) >= 11 is 0. The van der Waals surface area contributed by atoms with E-state index in [2.05, 4.69) is 30.4 Å². The maximum absolute atomic E-state index is 9.99. The lowest BCUT2D eigenvalue weighted by molar-refractivity contribution is 0.391. The summed E-state index contributed by atoms with van der Waals surface area (Å²) in [6.07, 6.45) is 10.8. The lowest BCUT2D eigenvalue weighted by Gasteiger charge is -2.35. The minimum Gasteiger partial charge on any atom is -0.481 e. The number of hydrogen-bond acceptors (Lipinski definition) is 3. The molecule has 0 fully saturated rings. The predicted molar refractivity (Wildman–Crippen MR) is 108 cm³/mol. The van der Waals surface area contributed by atoms with E-state index in [1.54, 1.807) is 7.11 Å². The summed E-state index contributed by atoms with van der Waals surface area (Å²) in [6.45, 7) is 2.04. The molecule has 0 saturated carbocycles. The number of dihydropyridines is 1. The van der Waals surface area contributed by atoms with Crippen molar-refractivity contribution in [2.75, 3.05) is 7.11 Å². The molecular formula is C24H26N2O. The molecule has 2 aliphatic carbocycles. The van der Waals surface area contributed by atoms with Gasteiger partial charge in [0, 0.05) is 11.5 Å². The van der Waals surface area contributed by atoms with E-state index in [1.807, 2.05) is 25.1 Å². The average Bonchev–Trinajstić information content (AvgIpc) is 2.73. The third-order valence-electron chi connectivity index (χ3n) is 6.13. The number of benzene rings is 1. The van der Waals surface area contributed by atoms with Crippen molar-refractivity contribution in [3.63, 3.8) is 0 Å². The van der Waals surface area contributed by atoms with Crippen LogP contribution in [0.1, 0.15) is 44.6 Å². The van der Waals surface area contributed by atoms with E-state index in [9.17, 15) is 5.26 Å². The van der Waals surface area contributed by atoms with Crippen molar-refractivity contribution in [1.29, 1.82) is 5.26 Å². The van der Waals surface area contributed by atoms with Crippen LogP contribution in [-0.4, -0.2) is 13.0 Å². The number of hydrogen-bond donors (Lipinski definition) is 0. The molecule has 0 saturated heterocycles. The van der Waals surface area contributed by atoms with E-state index in [-0.39, 0.29) is 0 Å². The van der Waals surface area contributed by atoms with Gasteiger partial charge in [-0.3, -0.25) is 0 Å². The summed E-state index contributed by atoms with van der Waals surface area (Å²) in [5.74, 6) is 1.15. The summed E-state index contributed by atoms with van der Waals surface area (Å²) in [5.41, 5.74) is 5.62. The van der Waals surface area contributed by atoms with E-state index >= 15 is 0 Å². The molecule has 0 radical (unpaired) electrons. The lowest BCUT2D eigenvalue weighted by Crippen LogP contribution is -2.27. The fraction of sp³-hybridized carbons (Fsp3) is 0.417. The van der Waals surface area contributed by atoms with Crippen molar-refractivity contribution in [2.24, 2.45) is 16.3 Å². The van der Waals surface area contributed by atoms with E-state index in [1.165, 1.54) is 29.6 Å². The van der Waals surface area contributed by atoms with Crippen molar-refractivity contribution < 1.29 is 4.74 Å². The van der Waals surface area contributed by atoms with Crippen LogP contribution < -0.4 is 0 Å². The number of ether oxygens (including phenoxy) is 1. The quantitative estimate of drug-likeness (QED) is 0.714. The van der Waals surface area contributed by atoms with Gasteiger partial charge >= 0.3 is 0 Å². The fourth-order valence-electron chi connectivity index (χ4n) is 4.62.